The van der Waals surface area contributed by atoms with E-state index < -0.39 is 0 Å². The van der Waals surface area contributed by atoms with Gasteiger partial charge in [-0.2, -0.15) is 0 Å². The number of carbonyl (C=O) groups is 1. The number of hydrogen-bond acceptors (Lipinski definition) is 5. The zero-order valence-electron chi connectivity index (χ0n) is 9.00. The summed E-state index contributed by atoms with van der Waals surface area (Å²) in [5.41, 5.74) is 6.57. The topological polar surface area (TPSA) is 79.8 Å². The lowest BCUT2D eigenvalue weighted by atomic mass is 10.3. The number of hydrazine groups is 1. The molecular weight excluding hydrogens is 218 g/mol. The maximum atomic E-state index is 11.6. The molecule has 17 heavy (non-hydrogen) atoms. The lowest BCUT2D eigenvalue weighted by Crippen LogP contribution is -2.37. The van der Waals surface area contributed by atoms with Crippen LogP contribution in [0.2, 0.25) is 0 Å². The van der Waals surface area contributed by atoms with E-state index in [9.17, 15) is 4.79 Å². The Hall–Kier alpha value is -2.34. The van der Waals surface area contributed by atoms with Crippen molar-refractivity contribution in [3.8, 4) is 0 Å². The van der Waals surface area contributed by atoms with E-state index in [1.54, 1.807) is 6.20 Å². The van der Waals surface area contributed by atoms with Crippen molar-refractivity contribution in [3.63, 3.8) is 0 Å². The second-order valence-corrected chi connectivity index (χ2v) is 3.26. The van der Waals surface area contributed by atoms with Gasteiger partial charge in [-0.3, -0.25) is 15.2 Å². The second kappa shape index (κ2) is 5.66. The van der Waals surface area contributed by atoms with Crippen LogP contribution in [0.1, 0.15) is 16.1 Å². The van der Waals surface area contributed by atoms with E-state index in [1.165, 1.54) is 18.7 Å². The predicted molar refractivity (Wildman–Crippen MR) is 60.6 cm³/mol. The Balaban J connectivity index is 1.82. The predicted octanol–water partition coefficient (Wildman–Crippen LogP) is 0.306. The van der Waals surface area contributed by atoms with Crippen molar-refractivity contribution < 1.29 is 4.79 Å². The van der Waals surface area contributed by atoms with Crippen molar-refractivity contribution >= 4 is 5.91 Å². The molecule has 0 aliphatic heterocycles. The summed E-state index contributed by atoms with van der Waals surface area (Å²) in [5.74, 6) is -0.276. The highest BCUT2D eigenvalue weighted by Crippen LogP contribution is 1.93. The summed E-state index contributed by atoms with van der Waals surface area (Å²) in [6.45, 7) is 0.459. The first kappa shape index (κ1) is 11.2. The Morgan fingerprint density at radius 3 is 2.76 bits per heavy atom. The first-order chi connectivity index (χ1) is 8.36. The minimum atomic E-state index is -0.276. The molecule has 0 fully saturated rings. The van der Waals surface area contributed by atoms with E-state index in [0.717, 1.165) is 5.69 Å². The Kier molecular flexibility index (Phi) is 3.72. The third-order valence-electron chi connectivity index (χ3n) is 2.02. The molecule has 6 heteroatoms. The zero-order valence-corrected chi connectivity index (χ0v) is 9.00. The van der Waals surface area contributed by atoms with Crippen LogP contribution in [0.3, 0.4) is 0 Å². The Bertz CT molecular complexity index is 474. The number of aromatic nitrogens is 3. The Morgan fingerprint density at radius 2 is 2.06 bits per heavy atom. The average molecular weight is 229 g/mol. The molecule has 2 aromatic rings. The molecule has 0 saturated heterocycles. The van der Waals surface area contributed by atoms with Crippen molar-refractivity contribution in [2.45, 2.75) is 6.54 Å². The smallest absolute Gasteiger partial charge is 0.268 e. The van der Waals surface area contributed by atoms with Crippen molar-refractivity contribution in [1.82, 2.24) is 25.8 Å². The van der Waals surface area contributed by atoms with E-state index in [-0.39, 0.29) is 5.91 Å². The van der Waals surface area contributed by atoms with Crippen LogP contribution in [0.15, 0.2) is 43.1 Å². The fourth-order valence-electron chi connectivity index (χ4n) is 1.21. The van der Waals surface area contributed by atoms with E-state index in [1.807, 2.05) is 18.2 Å². The van der Waals surface area contributed by atoms with Gasteiger partial charge in [0.05, 0.1) is 17.8 Å². The zero-order chi connectivity index (χ0) is 11.9. The number of hydrogen-bond donors (Lipinski definition) is 2. The van der Waals surface area contributed by atoms with Gasteiger partial charge in [-0.25, -0.2) is 15.4 Å². The summed E-state index contributed by atoms with van der Waals surface area (Å²) >= 11 is 0. The van der Waals surface area contributed by atoms with Crippen LogP contribution in [0.25, 0.3) is 0 Å². The van der Waals surface area contributed by atoms with Gasteiger partial charge in [0.2, 0.25) is 0 Å². The van der Waals surface area contributed by atoms with Gasteiger partial charge < -0.3 is 0 Å². The minimum Gasteiger partial charge on any atom is -0.287 e. The maximum absolute atomic E-state index is 11.6. The summed E-state index contributed by atoms with van der Waals surface area (Å²) < 4.78 is 0. The third kappa shape index (κ3) is 3.32. The lowest BCUT2D eigenvalue weighted by Gasteiger charge is -2.05. The largest absolute Gasteiger partial charge is 0.287 e. The van der Waals surface area contributed by atoms with Gasteiger partial charge in [0, 0.05) is 18.6 Å². The minimum absolute atomic E-state index is 0.276. The van der Waals surface area contributed by atoms with E-state index in [0.29, 0.717) is 12.1 Å². The number of nitrogens with one attached hydrogen (secondary N) is 2. The molecule has 2 heterocycles. The van der Waals surface area contributed by atoms with Gasteiger partial charge in [0.1, 0.15) is 6.33 Å². The van der Waals surface area contributed by atoms with Crippen LogP contribution in [0, 0.1) is 0 Å². The molecule has 0 aromatic carbocycles. The number of amides is 1. The van der Waals surface area contributed by atoms with Crippen LogP contribution in [-0.4, -0.2) is 20.9 Å². The molecule has 6 nitrogen and oxygen atoms in total. The molecule has 1 amide bonds. The fourth-order valence-corrected chi connectivity index (χ4v) is 1.21. The van der Waals surface area contributed by atoms with Gasteiger partial charge in [-0.15, -0.1) is 0 Å². The molecule has 0 aliphatic rings. The molecule has 0 bridgehead atoms. The first-order valence-electron chi connectivity index (χ1n) is 5.04. The molecule has 0 radical (unpaired) electrons. The van der Waals surface area contributed by atoms with Gasteiger partial charge in [0.15, 0.2) is 0 Å². The molecule has 0 saturated carbocycles. The number of rotatable bonds is 4. The molecule has 86 valence electrons. The molecule has 2 aromatic heterocycles. The standard InChI is InChI=1S/C11H11N5O/c17-11(9-5-12-8-13-6-9)16-15-7-10-3-1-2-4-14-10/h1-6,8,15H,7H2,(H,16,17). The fraction of sp³-hybridized carbons (Fsp3) is 0.0909. The highest BCUT2D eigenvalue weighted by Gasteiger charge is 2.04. The van der Waals surface area contributed by atoms with Crippen LogP contribution in [-0.2, 0) is 6.54 Å². The van der Waals surface area contributed by atoms with Crippen LogP contribution in [0.5, 0.6) is 0 Å². The Labute approximate surface area is 98.1 Å². The SMILES string of the molecule is O=C(NNCc1ccccn1)c1cncnc1. The van der Waals surface area contributed by atoms with Crippen LogP contribution in [0.4, 0.5) is 0 Å². The highest BCUT2D eigenvalue weighted by atomic mass is 16.2. The molecule has 2 N–H and O–H groups in total. The molecule has 0 aliphatic carbocycles. The van der Waals surface area contributed by atoms with Crippen molar-refractivity contribution in [3.05, 3.63) is 54.4 Å². The molecule has 2 rings (SSSR count). The third-order valence-corrected chi connectivity index (χ3v) is 2.02. The molecular formula is C11H11N5O. The van der Waals surface area contributed by atoms with Crippen molar-refractivity contribution in [2.75, 3.05) is 0 Å². The summed E-state index contributed by atoms with van der Waals surface area (Å²) in [5, 5.41) is 0. The van der Waals surface area contributed by atoms with Gasteiger partial charge in [-0.05, 0) is 12.1 Å². The average Bonchev–Trinajstić information content (AvgIpc) is 2.41. The van der Waals surface area contributed by atoms with E-state index in [4.69, 9.17) is 0 Å². The lowest BCUT2D eigenvalue weighted by molar-refractivity contribution is 0.0931. The maximum Gasteiger partial charge on any atom is 0.268 e. The summed E-state index contributed by atoms with van der Waals surface area (Å²) in [6, 6.07) is 5.59. The molecule has 0 unspecified atom stereocenters. The number of nitrogens with zero attached hydrogens (tertiary/aromatic N) is 3. The summed E-state index contributed by atoms with van der Waals surface area (Å²) in [4.78, 5) is 23.2. The number of pyridine rings is 1. The van der Waals surface area contributed by atoms with Gasteiger partial charge in [0.25, 0.3) is 5.91 Å². The summed E-state index contributed by atoms with van der Waals surface area (Å²) in [7, 11) is 0. The van der Waals surface area contributed by atoms with Crippen LogP contribution < -0.4 is 10.9 Å². The van der Waals surface area contributed by atoms with Crippen LogP contribution >= 0.6 is 0 Å². The quantitative estimate of drug-likeness (QED) is 0.737. The summed E-state index contributed by atoms with van der Waals surface area (Å²) in [6.07, 6.45) is 5.97. The van der Waals surface area contributed by atoms with Crippen molar-refractivity contribution in [1.29, 1.82) is 0 Å². The Morgan fingerprint density at radius 1 is 1.24 bits per heavy atom. The van der Waals surface area contributed by atoms with E-state index in [2.05, 4.69) is 25.8 Å². The number of carbonyl (C=O) groups excluding carboxylic acids is 1. The van der Waals surface area contributed by atoms with E-state index >= 15 is 0 Å². The highest BCUT2D eigenvalue weighted by molar-refractivity contribution is 5.93. The van der Waals surface area contributed by atoms with Gasteiger partial charge in [-0.1, -0.05) is 6.07 Å². The van der Waals surface area contributed by atoms with Crippen molar-refractivity contribution in [2.24, 2.45) is 0 Å². The molecule has 0 spiro atoms. The van der Waals surface area contributed by atoms with Gasteiger partial charge >= 0.3 is 0 Å². The monoisotopic (exact) mass is 229 g/mol. The molecule has 0 atom stereocenters. The second-order valence-electron chi connectivity index (χ2n) is 3.26. The first-order valence-corrected chi connectivity index (χ1v) is 5.04. The normalized spacial score (nSPS) is 9.88.